The van der Waals surface area contributed by atoms with Gasteiger partial charge in [-0.2, -0.15) is 0 Å². The van der Waals surface area contributed by atoms with Crippen LogP contribution in [0.25, 0.3) is 0 Å². The summed E-state index contributed by atoms with van der Waals surface area (Å²) in [5.41, 5.74) is 1.04. The molecule has 0 aliphatic heterocycles. The summed E-state index contributed by atoms with van der Waals surface area (Å²) in [6.45, 7) is 3.03. The van der Waals surface area contributed by atoms with Gasteiger partial charge >= 0.3 is 0 Å². The predicted molar refractivity (Wildman–Crippen MR) is 95.9 cm³/mol. The lowest BCUT2D eigenvalue weighted by atomic mass is 10.2. The first-order chi connectivity index (χ1) is 11.3. The normalized spacial score (nSPS) is 11.5. The topological polar surface area (TPSA) is 67.4 Å². The third kappa shape index (κ3) is 5.15. The van der Waals surface area contributed by atoms with Crippen LogP contribution in [-0.2, 0) is 9.59 Å². The molecular weight excluding hydrogens is 351 g/mol. The Bertz CT molecular complexity index is 765. The van der Waals surface area contributed by atoms with Crippen molar-refractivity contribution < 1.29 is 14.3 Å². The number of rotatable bonds is 5. The summed E-state index contributed by atoms with van der Waals surface area (Å²) < 4.78 is 5.60. The van der Waals surface area contributed by atoms with E-state index in [0.717, 1.165) is 0 Å². The van der Waals surface area contributed by atoms with E-state index >= 15 is 0 Å². The molecule has 0 fully saturated rings. The molecule has 2 N–H and O–H groups in total. The average Bonchev–Trinajstić information content (AvgIpc) is 2.49. The number of halogens is 2. The van der Waals surface area contributed by atoms with Crippen LogP contribution >= 0.6 is 23.2 Å². The highest BCUT2D eigenvalue weighted by Gasteiger charge is 2.16. The van der Waals surface area contributed by atoms with Gasteiger partial charge in [-0.25, -0.2) is 0 Å². The molecule has 0 unspecified atom stereocenters. The van der Waals surface area contributed by atoms with Gasteiger partial charge in [0.1, 0.15) is 5.75 Å². The summed E-state index contributed by atoms with van der Waals surface area (Å²) in [4.78, 5) is 23.3. The maximum Gasteiger partial charge on any atom is 0.265 e. The third-order valence-electron chi connectivity index (χ3n) is 3.03. The molecule has 0 aromatic heterocycles. The van der Waals surface area contributed by atoms with Crippen LogP contribution in [-0.4, -0.2) is 17.9 Å². The van der Waals surface area contributed by atoms with Gasteiger partial charge in [0, 0.05) is 23.7 Å². The lowest BCUT2D eigenvalue weighted by Gasteiger charge is -2.16. The van der Waals surface area contributed by atoms with Gasteiger partial charge in [0.15, 0.2) is 6.10 Å². The van der Waals surface area contributed by atoms with Crippen molar-refractivity contribution in [1.82, 2.24) is 0 Å². The number of nitrogens with one attached hydrogen (secondary N) is 2. The van der Waals surface area contributed by atoms with Crippen LogP contribution in [0.4, 0.5) is 11.4 Å². The van der Waals surface area contributed by atoms with Gasteiger partial charge in [-0.3, -0.25) is 9.59 Å². The van der Waals surface area contributed by atoms with Crippen molar-refractivity contribution in [1.29, 1.82) is 0 Å². The number of carbonyl (C=O) groups is 2. The van der Waals surface area contributed by atoms with E-state index in [1.165, 1.54) is 6.92 Å². The Morgan fingerprint density at radius 3 is 2.50 bits per heavy atom. The van der Waals surface area contributed by atoms with E-state index < -0.39 is 6.10 Å². The van der Waals surface area contributed by atoms with Crippen LogP contribution in [0.5, 0.6) is 5.75 Å². The van der Waals surface area contributed by atoms with Crippen molar-refractivity contribution in [2.45, 2.75) is 20.0 Å². The van der Waals surface area contributed by atoms with Gasteiger partial charge < -0.3 is 15.4 Å². The van der Waals surface area contributed by atoms with E-state index in [-0.39, 0.29) is 11.8 Å². The molecule has 1 atom stereocenters. The first-order valence-corrected chi connectivity index (χ1v) is 7.91. The molecule has 2 rings (SSSR count). The standard InChI is InChI=1S/C17H16Cl2N2O3/c1-10(17(23)21-16-7-6-12(18)8-15(16)19)24-14-5-3-4-13(9-14)20-11(2)22/h3-10H,1-2H3,(H,20,22)(H,21,23)/t10-/m0/s1. The fourth-order valence-corrected chi connectivity index (χ4v) is 2.39. The van der Waals surface area contributed by atoms with Gasteiger partial charge in [0.2, 0.25) is 5.91 Å². The van der Waals surface area contributed by atoms with Crippen molar-refractivity contribution in [3.63, 3.8) is 0 Å². The Morgan fingerprint density at radius 2 is 1.83 bits per heavy atom. The quantitative estimate of drug-likeness (QED) is 0.825. The number of anilines is 2. The molecule has 2 aromatic rings. The zero-order valence-corrected chi connectivity index (χ0v) is 14.6. The van der Waals surface area contributed by atoms with Gasteiger partial charge in [-0.15, -0.1) is 0 Å². The second-order valence-electron chi connectivity index (χ2n) is 5.08. The Hall–Kier alpha value is -2.24. The summed E-state index contributed by atoms with van der Waals surface area (Å²) in [6.07, 6.45) is -0.760. The van der Waals surface area contributed by atoms with Gasteiger partial charge in [0.05, 0.1) is 10.7 Å². The van der Waals surface area contributed by atoms with Crippen LogP contribution in [0.15, 0.2) is 42.5 Å². The molecular formula is C17H16Cl2N2O3. The maximum absolute atomic E-state index is 12.2. The SMILES string of the molecule is CC(=O)Nc1cccc(O[C@@H](C)C(=O)Nc2ccc(Cl)cc2Cl)c1. The van der Waals surface area contributed by atoms with Crippen LogP contribution in [0.2, 0.25) is 10.0 Å². The Morgan fingerprint density at radius 1 is 1.08 bits per heavy atom. The zero-order valence-electron chi connectivity index (χ0n) is 13.1. The van der Waals surface area contributed by atoms with Crippen molar-refractivity contribution in [3.8, 4) is 5.75 Å². The second kappa shape index (κ2) is 8.04. The smallest absolute Gasteiger partial charge is 0.265 e. The molecule has 126 valence electrons. The lowest BCUT2D eigenvalue weighted by Crippen LogP contribution is -2.30. The highest BCUT2D eigenvalue weighted by molar-refractivity contribution is 6.36. The lowest BCUT2D eigenvalue weighted by molar-refractivity contribution is -0.122. The van der Waals surface area contributed by atoms with E-state index in [0.29, 0.717) is 27.2 Å². The van der Waals surface area contributed by atoms with E-state index in [4.69, 9.17) is 27.9 Å². The zero-order chi connectivity index (χ0) is 17.7. The first-order valence-electron chi connectivity index (χ1n) is 7.15. The predicted octanol–water partition coefficient (Wildman–Crippen LogP) is 4.36. The Kier molecular flexibility index (Phi) is 6.06. The van der Waals surface area contributed by atoms with Gasteiger partial charge in [-0.05, 0) is 37.3 Å². The fraction of sp³-hybridized carbons (Fsp3) is 0.176. The molecule has 0 saturated carbocycles. The summed E-state index contributed by atoms with van der Waals surface area (Å²) in [7, 11) is 0. The van der Waals surface area contributed by atoms with Gasteiger partial charge in [0.25, 0.3) is 5.91 Å². The summed E-state index contributed by atoms with van der Waals surface area (Å²) >= 11 is 11.8. The monoisotopic (exact) mass is 366 g/mol. The van der Waals surface area contributed by atoms with Crippen molar-refractivity contribution in [2.24, 2.45) is 0 Å². The van der Waals surface area contributed by atoms with Gasteiger partial charge in [-0.1, -0.05) is 29.3 Å². The largest absolute Gasteiger partial charge is 0.481 e. The number of hydrogen-bond acceptors (Lipinski definition) is 3. The maximum atomic E-state index is 12.2. The minimum atomic E-state index is -0.760. The molecule has 0 saturated heterocycles. The van der Waals surface area contributed by atoms with Crippen molar-refractivity contribution in [2.75, 3.05) is 10.6 Å². The molecule has 5 nitrogen and oxygen atoms in total. The number of carbonyl (C=O) groups excluding carboxylic acids is 2. The molecule has 0 aliphatic rings. The summed E-state index contributed by atoms with van der Waals surface area (Å²) in [6, 6.07) is 11.6. The number of hydrogen-bond donors (Lipinski definition) is 2. The molecule has 2 aromatic carbocycles. The summed E-state index contributed by atoms with van der Waals surface area (Å²) in [5.74, 6) is -0.0782. The molecule has 0 spiro atoms. The summed E-state index contributed by atoms with van der Waals surface area (Å²) in [5, 5.41) is 6.16. The molecule has 7 heteroatoms. The van der Waals surface area contributed by atoms with Crippen LogP contribution in [0.1, 0.15) is 13.8 Å². The number of amides is 2. The molecule has 0 heterocycles. The van der Waals surface area contributed by atoms with Crippen LogP contribution in [0.3, 0.4) is 0 Å². The van der Waals surface area contributed by atoms with E-state index in [1.807, 2.05) is 0 Å². The highest BCUT2D eigenvalue weighted by atomic mass is 35.5. The minimum Gasteiger partial charge on any atom is -0.481 e. The van der Waals surface area contributed by atoms with Crippen LogP contribution in [0, 0.1) is 0 Å². The first kappa shape index (κ1) is 18.1. The second-order valence-corrected chi connectivity index (χ2v) is 5.93. The molecule has 0 aliphatic carbocycles. The van der Waals surface area contributed by atoms with E-state index in [2.05, 4.69) is 10.6 Å². The minimum absolute atomic E-state index is 0.185. The van der Waals surface area contributed by atoms with E-state index in [9.17, 15) is 9.59 Å². The molecule has 0 radical (unpaired) electrons. The van der Waals surface area contributed by atoms with Crippen LogP contribution < -0.4 is 15.4 Å². The Balaban J connectivity index is 2.02. The average molecular weight is 367 g/mol. The van der Waals surface area contributed by atoms with Crippen molar-refractivity contribution >= 4 is 46.4 Å². The molecule has 0 bridgehead atoms. The number of benzene rings is 2. The fourth-order valence-electron chi connectivity index (χ4n) is 1.93. The van der Waals surface area contributed by atoms with E-state index in [1.54, 1.807) is 49.4 Å². The third-order valence-corrected chi connectivity index (χ3v) is 3.57. The molecule has 2 amide bonds. The molecule has 24 heavy (non-hydrogen) atoms. The highest BCUT2D eigenvalue weighted by Crippen LogP contribution is 2.26. The van der Waals surface area contributed by atoms with Crippen molar-refractivity contribution in [3.05, 3.63) is 52.5 Å². The Labute approximate surface area is 149 Å². The number of ether oxygens (including phenoxy) is 1.